The van der Waals surface area contributed by atoms with E-state index in [4.69, 9.17) is 5.11 Å². The highest BCUT2D eigenvalue weighted by Crippen LogP contribution is 2.33. The maximum absolute atomic E-state index is 11.0. The molecule has 0 aromatic carbocycles. The number of aliphatic hydroxyl groups excluding tert-OH is 2. The van der Waals surface area contributed by atoms with E-state index < -0.39 is 24.1 Å². The molecule has 1 fully saturated rings. The monoisotopic (exact) mass is 240 g/mol. The van der Waals surface area contributed by atoms with Crippen LogP contribution in [0.5, 0.6) is 0 Å². The topological polar surface area (TPSA) is 77.8 Å². The standard InChI is InChI=1S/C13H20O4/c1-2-3-4-5-6-7-9-8-10(14)12(15)11(9)13(16)17/h4-7,9-12,14-15H,2-3,8H2,1H3,(H,16,17)/b5-4+,7-6+/t9-,10+,11-,12-/m1/s1. The minimum absolute atomic E-state index is 0.302. The lowest BCUT2D eigenvalue weighted by Gasteiger charge is -2.14. The quantitative estimate of drug-likeness (QED) is 0.634. The Kier molecular flexibility index (Phi) is 5.38. The third-order valence-corrected chi connectivity index (χ3v) is 3.08. The summed E-state index contributed by atoms with van der Waals surface area (Å²) in [6.45, 7) is 2.08. The highest BCUT2D eigenvalue weighted by Gasteiger charge is 2.44. The van der Waals surface area contributed by atoms with Crippen LogP contribution in [0.3, 0.4) is 0 Å². The first-order valence-electron chi connectivity index (χ1n) is 6.00. The predicted octanol–water partition coefficient (Wildman–Crippen LogP) is 1.34. The number of unbranched alkanes of at least 4 members (excludes halogenated alkanes) is 1. The fraction of sp³-hybridized carbons (Fsp3) is 0.615. The molecule has 17 heavy (non-hydrogen) atoms. The molecule has 0 amide bonds. The number of carboxylic acid groups (broad SMARTS) is 1. The van der Waals surface area contributed by atoms with E-state index in [0.717, 1.165) is 12.8 Å². The molecule has 0 heterocycles. The van der Waals surface area contributed by atoms with Crippen molar-refractivity contribution in [2.45, 2.75) is 38.4 Å². The van der Waals surface area contributed by atoms with Crippen LogP contribution >= 0.6 is 0 Å². The molecule has 1 aliphatic rings. The highest BCUT2D eigenvalue weighted by atomic mass is 16.4. The van der Waals surface area contributed by atoms with Gasteiger partial charge in [0.05, 0.1) is 18.1 Å². The van der Waals surface area contributed by atoms with Gasteiger partial charge in [-0.2, -0.15) is 0 Å². The molecule has 0 saturated heterocycles. The number of hydrogen-bond acceptors (Lipinski definition) is 3. The fourth-order valence-electron chi connectivity index (χ4n) is 2.13. The molecular formula is C13H20O4. The average molecular weight is 240 g/mol. The molecule has 4 heteroatoms. The molecule has 0 spiro atoms. The Morgan fingerprint density at radius 2 is 2.06 bits per heavy atom. The van der Waals surface area contributed by atoms with E-state index >= 15 is 0 Å². The first-order chi connectivity index (χ1) is 8.07. The number of rotatable bonds is 5. The number of hydrogen-bond donors (Lipinski definition) is 3. The lowest BCUT2D eigenvalue weighted by atomic mass is 9.94. The minimum atomic E-state index is -1.17. The van der Waals surface area contributed by atoms with Crippen molar-refractivity contribution in [3.05, 3.63) is 24.3 Å². The lowest BCUT2D eigenvalue weighted by Crippen LogP contribution is -2.31. The second-order valence-corrected chi connectivity index (χ2v) is 4.42. The molecule has 1 rings (SSSR count). The molecule has 4 atom stereocenters. The fourth-order valence-corrected chi connectivity index (χ4v) is 2.13. The molecule has 1 saturated carbocycles. The average Bonchev–Trinajstić information content (AvgIpc) is 2.54. The van der Waals surface area contributed by atoms with E-state index in [1.54, 1.807) is 12.2 Å². The summed E-state index contributed by atoms with van der Waals surface area (Å²) in [5.74, 6) is -2.26. The third kappa shape index (κ3) is 3.68. The molecule has 0 radical (unpaired) electrons. The molecule has 1 aliphatic carbocycles. The second kappa shape index (κ2) is 6.57. The number of carboxylic acids is 1. The number of allylic oxidation sites excluding steroid dienone is 4. The Balaban J connectivity index is 2.60. The van der Waals surface area contributed by atoms with Gasteiger partial charge in [-0.25, -0.2) is 0 Å². The Hall–Kier alpha value is -1.13. The van der Waals surface area contributed by atoms with Crippen molar-refractivity contribution < 1.29 is 20.1 Å². The van der Waals surface area contributed by atoms with Gasteiger partial charge < -0.3 is 15.3 Å². The lowest BCUT2D eigenvalue weighted by molar-refractivity contribution is -0.146. The van der Waals surface area contributed by atoms with Crippen molar-refractivity contribution in [1.29, 1.82) is 0 Å². The highest BCUT2D eigenvalue weighted by molar-refractivity contribution is 5.72. The van der Waals surface area contributed by atoms with Gasteiger partial charge in [-0.05, 0) is 18.8 Å². The van der Waals surface area contributed by atoms with Gasteiger partial charge >= 0.3 is 5.97 Å². The van der Waals surface area contributed by atoms with Crippen LogP contribution in [0.25, 0.3) is 0 Å². The second-order valence-electron chi connectivity index (χ2n) is 4.42. The van der Waals surface area contributed by atoms with Crippen LogP contribution in [0, 0.1) is 11.8 Å². The largest absolute Gasteiger partial charge is 0.481 e. The van der Waals surface area contributed by atoms with Gasteiger partial charge in [0.15, 0.2) is 0 Å². The van der Waals surface area contributed by atoms with Crippen LogP contribution in [0.2, 0.25) is 0 Å². The zero-order chi connectivity index (χ0) is 12.8. The van der Waals surface area contributed by atoms with Crippen molar-refractivity contribution >= 4 is 5.97 Å². The van der Waals surface area contributed by atoms with Crippen LogP contribution in [0.4, 0.5) is 0 Å². The van der Waals surface area contributed by atoms with Gasteiger partial charge in [0.2, 0.25) is 0 Å². The van der Waals surface area contributed by atoms with E-state index in [2.05, 4.69) is 6.92 Å². The predicted molar refractivity (Wildman–Crippen MR) is 64.4 cm³/mol. The van der Waals surface area contributed by atoms with Crippen molar-refractivity contribution in [2.24, 2.45) is 11.8 Å². The summed E-state index contributed by atoms with van der Waals surface area (Å²) in [4.78, 5) is 11.0. The molecule has 0 unspecified atom stereocenters. The van der Waals surface area contributed by atoms with Crippen molar-refractivity contribution in [2.75, 3.05) is 0 Å². The summed E-state index contributed by atoms with van der Waals surface area (Å²) in [6.07, 6.45) is 7.69. The van der Waals surface area contributed by atoms with E-state index in [1.165, 1.54) is 0 Å². The Morgan fingerprint density at radius 1 is 1.35 bits per heavy atom. The maximum Gasteiger partial charge on any atom is 0.309 e. The van der Waals surface area contributed by atoms with Gasteiger partial charge in [0.1, 0.15) is 0 Å². The molecule has 0 aromatic rings. The van der Waals surface area contributed by atoms with Gasteiger partial charge in [-0.3, -0.25) is 4.79 Å². The SMILES string of the molecule is CCC/C=C/C=C/[C@@H]1C[C@H](O)[C@@H](O)[C@@H]1C(=O)O. The zero-order valence-corrected chi connectivity index (χ0v) is 9.99. The molecule has 96 valence electrons. The number of aliphatic carboxylic acids is 1. The van der Waals surface area contributed by atoms with Crippen LogP contribution in [0.1, 0.15) is 26.2 Å². The summed E-state index contributed by atoms with van der Waals surface area (Å²) in [7, 11) is 0. The molecule has 4 nitrogen and oxygen atoms in total. The molecule has 0 bridgehead atoms. The number of carbonyl (C=O) groups is 1. The zero-order valence-electron chi connectivity index (χ0n) is 9.99. The van der Waals surface area contributed by atoms with E-state index in [-0.39, 0.29) is 5.92 Å². The summed E-state index contributed by atoms with van der Waals surface area (Å²) in [5.41, 5.74) is 0. The summed E-state index contributed by atoms with van der Waals surface area (Å²) < 4.78 is 0. The number of aliphatic hydroxyl groups is 2. The minimum Gasteiger partial charge on any atom is -0.481 e. The molecular weight excluding hydrogens is 220 g/mol. The van der Waals surface area contributed by atoms with E-state index in [0.29, 0.717) is 6.42 Å². The third-order valence-electron chi connectivity index (χ3n) is 3.08. The van der Waals surface area contributed by atoms with E-state index in [1.807, 2.05) is 12.2 Å². The smallest absolute Gasteiger partial charge is 0.309 e. The van der Waals surface area contributed by atoms with Gasteiger partial charge in [0.25, 0.3) is 0 Å². The summed E-state index contributed by atoms with van der Waals surface area (Å²) in [6, 6.07) is 0. The van der Waals surface area contributed by atoms with Crippen LogP contribution in [0.15, 0.2) is 24.3 Å². The van der Waals surface area contributed by atoms with Crippen molar-refractivity contribution in [1.82, 2.24) is 0 Å². The summed E-state index contributed by atoms with van der Waals surface area (Å²) >= 11 is 0. The maximum atomic E-state index is 11.0. The van der Waals surface area contributed by atoms with Crippen molar-refractivity contribution in [3.63, 3.8) is 0 Å². The molecule has 3 N–H and O–H groups in total. The molecule has 0 aromatic heterocycles. The van der Waals surface area contributed by atoms with Crippen molar-refractivity contribution in [3.8, 4) is 0 Å². The van der Waals surface area contributed by atoms with Crippen LogP contribution < -0.4 is 0 Å². The normalized spacial score (nSPS) is 33.8. The Morgan fingerprint density at radius 3 is 2.65 bits per heavy atom. The van der Waals surface area contributed by atoms with E-state index in [9.17, 15) is 15.0 Å². The van der Waals surface area contributed by atoms with Crippen LogP contribution in [-0.2, 0) is 4.79 Å². The van der Waals surface area contributed by atoms with Gasteiger partial charge in [-0.15, -0.1) is 0 Å². The first-order valence-corrected chi connectivity index (χ1v) is 6.00. The Labute approximate surface area is 101 Å². The molecule has 0 aliphatic heterocycles. The van der Waals surface area contributed by atoms with Gasteiger partial charge in [0, 0.05) is 0 Å². The van der Waals surface area contributed by atoms with Crippen LogP contribution in [-0.4, -0.2) is 33.5 Å². The summed E-state index contributed by atoms with van der Waals surface area (Å²) in [5, 5.41) is 28.0. The van der Waals surface area contributed by atoms with Gasteiger partial charge in [-0.1, -0.05) is 37.6 Å². The Bertz CT molecular complexity index is 309. The first kappa shape index (κ1) is 13.9.